The molecule has 4 nitrogen and oxygen atoms in total. The van der Waals surface area contributed by atoms with Gasteiger partial charge in [0.05, 0.1) is 0 Å². The SMILES string of the molecule is OCCCCCCCCCC(CCO)CCCCCCCCCC(O)O. The van der Waals surface area contributed by atoms with Crippen molar-refractivity contribution in [2.45, 2.75) is 122 Å². The largest absolute Gasteiger partial charge is 0.396 e. The zero-order valence-electron chi connectivity index (χ0n) is 17.1. The molecule has 0 saturated carbocycles. The molecule has 0 aliphatic heterocycles. The second kappa shape index (κ2) is 21.1. The average molecular weight is 375 g/mol. The molecule has 26 heavy (non-hydrogen) atoms. The Morgan fingerprint density at radius 1 is 0.385 bits per heavy atom. The van der Waals surface area contributed by atoms with Crippen LogP contribution >= 0.6 is 0 Å². The van der Waals surface area contributed by atoms with Gasteiger partial charge < -0.3 is 20.4 Å². The highest BCUT2D eigenvalue weighted by atomic mass is 16.5. The monoisotopic (exact) mass is 374 g/mol. The summed E-state index contributed by atoms with van der Waals surface area (Å²) in [6, 6.07) is 0. The van der Waals surface area contributed by atoms with E-state index in [2.05, 4.69) is 0 Å². The van der Waals surface area contributed by atoms with Gasteiger partial charge in [0, 0.05) is 13.2 Å². The Morgan fingerprint density at radius 3 is 1.15 bits per heavy atom. The summed E-state index contributed by atoms with van der Waals surface area (Å²) in [5.74, 6) is 0.695. The number of unbranched alkanes of at least 4 members (excludes halogenated alkanes) is 12. The molecule has 0 heterocycles. The number of aliphatic hydroxyl groups is 4. The quantitative estimate of drug-likeness (QED) is 0.170. The predicted octanol–water partition coefficient (Wildman–Crippen LogP) is 4.92. The van der Waals surface area contributed by atoms with E-state index >= 15 is 0 Å². The molecule has 1 atom stereocenters. The van der Waals surface area contributed by atoms with Gasteiger partial charge in [-0.1, -0.05) is 89.9 Å². The highest BCUT2D eigenvalue weighted by Gasteiger charge is 2.08. The lowest BCUT2D eigenvalue weighted by Gasteiger charge is -2.15. The Morgan fingerprint density at radius 2 is 0.769 bits per heavy atom. The lowest BCUT2D eigenvalue weighted by Crippen LogP contribution is -2.04. The third-order valence-corrected chi connectivity index (χ3v) is 5.38. The Labute approximate surface area is 162 Å². The van der Waals surface area contributed by atoms with Crippen molar-refractivity contribution in [1.82, 2.24) is 0 Å². The Bertz CT molecular complexity index is 259. The van der Waals surface area contributed by atoms with E-state index in [0.717, 1.165) is 32.1 Å². The smallest absolute Gasteiger partial charge is 0.151 e. The van der Waals surface area contributed by atoms with E-state index in [1.807, 2.05) is 0 Å². The number of aliphatic hydroxyl groups excluding tert-OH is 3. The molecule has 0 aliphatic rings. The number of hydrogen-bond acceptors (Lipinski definition) is 4. The molecule has 1 unspecified atom stereocenters. The Hall–Kier alpha value is -0.160. The lowest BCUT2D eigenvalue weighted by atomic mass is 9.91. The van der Waals surface area contributed by atoms with Gasteiger partial charge in [-0.2, -0.15) is 0 Å². The Balaban J connectivity index is 3.44. The van der Waals surface area contributed by atoms with Crippen LogP contribution in [0.15, 0.2) is 0 Å². The minimum absolute atomic E-state index is 0.322. The summed E-state index contributed by atoms with van der Waals surface area (Å²) in [7, 11) is 0. The van der Waals surface area contributed by atoms with Crippen molar-refractivity contribution in [3.8, 4) is 0 Å². The van der Waals surface area contributed by atoms with E-state index in [0.29, 0.717) is 25.6 Å². The summed E-state index contributed by atoms with van der Waals surface area (Å²) in [5.41, 5.74) is 0. The van der Waals surface area contributed by atoms with E-state index < -0.39 is 6.29 Å². The molecule has 158 valence electrons. The topological polar surface area (TPSA) is 80.9 Å². The number of rotatable bonds is 21. The second-order valence-electron chi connectivity index (χ2n) is 7.90. The lowest BCUT2D eigenvalue weighted by molar-refractivity contribution is -0.0466. The van der Waals surface area contributed by atoms with Crippen molar-refractivity contribution in [3.05, 3.63) is 0 Å². The molecular weight excluding hydrogens is 328 g/mol. The fraction of sp³-hybridized carbons (Fsp3) is 1.00. The molecule has 0 saturated heterocycles. The van der Waals surface area contributed by atoms with Gasteiger partial charge in [0.2, 0.25) is 0 Å². The van der Waals surface area contributed by atoms with Crippen molar-refractivity contribution in [2.75, 3.05) is 13.2 Å². The maximum Gasteiger partial charge on any atom is 0.151 e. The number of hydrogen-bond donors (Lipinski definition) is 4. The predicted molar refractivity (Wildman–Crippen MR) is 109 cm³/mol. The maximum absolute atomic E-state index is 9.27. The maximum atomic E-state index is 9.27. The van der Waals surface area contributed by atoms with Gasteiger partial charge in [0.15, 0.2) is 6.29 Å². The summed E-state index contributed by atoms with van der Waals surface area (Å²) in [6.45, 7) is 0.652. The summed E-state index contributed by atoms with van der Waals surface area (Å²) in [6.07, 6.45) is 19.7. The minimum atomic E-state index is -1.13. The van der Waals surface area contributed by atoms with E-state index in [9.17, 15) is 5.11 Å². The second-order valence-corrected chi connectivity index (χ2v) is 7.90. The van der Waals surface area contributed by atoms with E-state index in [4.69, 9.17) is 15.3 Å². The first kappa shape index (κ1) is 25.8. The van der Waals surface area contributed by atoms with Gasteiger partial charge >= 0.3 is 0 Å². The van der Waals surface area contributed by atoms with Crippen LogP contribution in [0.5, 0.6) is 0 Å². The van der Waals surface area contributed by atoms with Crippen molar-refractivity contribution in [2.24, 2.45) is 5.92 Å². The normalized spacial score (nSPS) is 12.8. The fourth-order valence-corrected chi connectivity index (χ4v) is 3.69. The van der Waals surface area contributed by atoms with Crippen LogP contribution in [0.2, 0.25) is 0 Å². The molecule has 0 aromatic rings. The van der Waals surface area contributed by atoms with E-state index in [1.54, 1.807) is 0 Å². The summed E-state index contributed by atoms with van der Waals surface area (Å²) >= 11 is 0. The van der Waals surface area contributed by atoms with Crippen LogP contribution in [0.4, 0.5) is 0 Å². The van der Waals surface area contributed by atoms with E-state index in [-0.39, 0.29) is 0 Å². The fourth-order valence-electron chi connectivity index (χ4n) is 3.69. The first-order valence-electron chi connectivity index (χ1n) is 11.3. The van der Waals surface area contributed by atoms with Crippen molar-refractivity contribution in [1.29, 1.82) is 0 Å². The summed E-state index contributed by atoms with van der Waals surface area (Å²) in [5, 5.41) is 35.6. The minimum Gasteiger partial charge on any atom is -0.396 e. The standard InChI is InChI=1S/C22H46O4/c23-19-14-10-6-2-4-8-12-16-21(18-20-24)15-11-7-3-1-5-9-13-17-22(25)26/h21-26H,1-20H2. The molecular formula is C22H46O4. The van der Waals surface area contributed by atoms with Crippen molar-refractivity contribution in [3.63, 3.8) is 0 Å². The van der Waals surface area contributed by atoms with E-state index in [1.165, 1.54) is 77.0 Å². The van der Waals surface area contributed by atoms with Gasteiger partial charge in [-0.25, -0.2) is 0 Å². The van der Waals surface area contributed by atoms with Crippen LogP contribution in [-0.4, -0.2) is 39.9 Å². The van der Waals surface area contributed by atoms with Crippen LogP contribution in [0.3, 0.4) is 0 Å². The zero-order valence-corrected chi connectivity index (χ0v) is 17.1. The van der Waals surface area contributed by atoms with Gasteiger partial charge in [-0.15, -0.1) is 0 Å². The van der Waals surface area contributed by atoms with Crippen LogP contribution in [0, 0.1) is 5.92 Å². The molecule has 0 aromatic carbocycles. The van der Waals surface area contributed by atoms with Crippen LogP contribution in [0.1, 0.15) is 116 Å². The van der Waals surface area contributed by atoms with Crippen LogP contribution in [-0.2, 0) is 0 Å². The van der Waals surface area contributed by atoms with Gasteiger partial charge in [-0.3, -0.25) is 0 Å². The van der Waals surface area contributed by atoms with Gasteiger partial charge in [-0.05, 0) is 31.6 Å². The molecule has 4 N–H and O–H groups in total. The summed E-state index contributed by atoms with van der Waals surface area (Å²) < 4.78 is 0. The molecule has 0 amide bonds. The highest BCUT2D eigenvalue weighted by Crippen LogP contribution is 2.22. The molecule has 0 radical (unpaired) electrons. The third kappa shape index (κ3) is 20.2. The van der Waals surface area contributed by atoms with Crippen molar-refractivity contribution < 1.29 is 20.4 Å². The molecule has 4 heteroatoms. The zero-order chi connectivity index (χ0) is 19.3. The van der Waals surface area contributed by atoms with Gasteiger partial charge in [0.1, 0.15) is 0 Å². The van der Waals surface area contributed by atoms with Crippen LogP contribution in [0.25, 0.3) is 0 Å². The Kier molecular flexibility index (Phi) is 21.0. The highest BCUT2D eigenvalue weighted by molar-refractivity contribution is 4.61. The first-order chi connectivity index (χ1) is 12.7. The molecule has 0 bridgehead atoms. The van der Waals surface area contributed by atoms with Crippen molar-refractivity contribution >= 4 is 0 Å². The molecule has 0 spiro atoms. The molecule has 0 aromatic heterocycles. The van der Waals surface area contributed by atoms with Crippen LogP contribution < -0.4 is 0 Å². The molecule has 0 fully saturated rings. The average Bonchev–Trinajstić information content (AvgIpc) is 2.62. The van der Waals surface area contributed by atoms with Gasteiger partial charge in [0.25, 0.3) is 0 Å². The third-order valence-electron chi connectivity index (χ3n) is 5.38. The first-order valence-corrected chi connectivity index (χ1v) is 11.3. The molecule has 0 rings (SSSR count). The molecule has 0 aliphatic carbocycles. The summed E-state index contributed by atoms with van der Waals surface area (Å²) in [4.78, 5) is 0.